The quantitative estimate of drug-likeness (QED) is 0.588. The van der Waals surface area contributed by atoms with E-state index in [0.717, 1.165) is 19.3 Å². The van der Waals surface area contributed by atoms with Gasteiger partial charge in [0.1, 0.15) is 17.8 Å². The minimum Gasteiger partial charge on any atom is -0.462 e. The van der Waals surface area contributed by atoms with Gasteiger partial charge in [0.25, 0.3) is 0 Å². The third-order valence-corrected chi connectivity index (χ3v) is 5.73. The standard InChI is InChI=1S/C21H30O3/c1-14-11-12-18(21(4,5)17-9-7-6-8-10-17)19(13-14)24-20(23)15(2)16(3)22/h6-10,14-15,18-19H,11-13H2,1-5H3/t14-,15?,18-,19-/m0/s1. The third kappa shape index (κ3) is 4.06. The summed E-state index contributed by atoms with van der Waals surface area (Å²) in [5, 5.41) is 0. The zero-order valence-corrected chi connectivity index (χ0v) is 15.5. The number of carbonyl (C=O) groups is 2. The summed E-state index contributed by atoms with van der Waals surface area (Å²) in [6.45, 7) is 9.76. The summed E-state index contributed by atoms with van der Waals surface area (Å²) < 4.78 is 5.85. The first kappa shape index (κ1) is 18.7. The van der Waals surface area contributed by atoms with Crippen LogP contribution >= 0.6 is 0 Å². The van der Waals surface area contributed by atoms with E-state index in [1.165, 1.54) is 12.5 Å². The average molecular weight is 330 g/mol. The van der Waals surface area contributed by atoms with Crippen LogP contribution in [-0.4, -0.2) is 17.9 Å². The molecule has 0 saturated heterocycles. The van der Waals surface area contributed by atoms with Gasteiger partial charge in [-0.25, -0.2) is 0 Å². The van der Waals surface area contributed by atoms with Crippen LogP contribution in [0.15, 0.2) is 30.3 Å². The maximum Gasteiger partial charge on any atom is 0.316 e. The number of ketones is 1. The van der Waals surface area contributed by atoms with Crippen LogP contribution in [-0.2, 0) is 19.7 Å². The van der Waals surface area contributed by atoms with Crippen LogP contribution in [0.25, 0.3) is 0 Å². The lowest BCUT2D eigenvalue weighted by Crippen LogP contribution is -2.44. The molecule has 0 bridgehead atoms. The Bertz CT molecular complexity index is 576. The Labute approximate surface area is 145 Å². The number of benzene rings is 1. The van der Waals surface area contributed by atoms with Crippen molar-refractivity contribution in [3.63, 3.8) is 0 Å². The Morgan fingerprint density at radius 3 is 2.38 bits per heavy atom. The Balaban J connectivity index is 2.22. The largest absolute Gasteiger partial charge is 0.462 e. The first-order valence-corrected chi connectivity index (χ1v) is 9.00. The Morgan fingerprint density at radius 2 is 1.79 bits per heavy atom. The Kier molecular flexibility index (Phi) is 5.84. The Hall–Kier alpha value is -1.64. The summed E-state index contributed by atoms with van der Waals surface area (Å²) in [4.78, 5) is 23.8. The van der Waals surface area contributed by atoms with Crippen LogP contribution < -0.4 is 0 Å². The predicted octanol–water partition coefficient (Wildman–Crippen LogP) is 4.54. The fourth-order valence-electron chi connectivity index (χ4n) is 3.78. The monoisotopic (exact) mass is 330 g/mol. The van der Waals surface area contributed by atoms with Crippen LogP contribution in [0.2, 0.25) is 0 Å². The van der Waals surface area contributed by atoms with E-state index in [4.69, 9.17) is 4.74 Å². The van der Waals surface area contributed by atoms with Crippen LogP contribution in [0.3, 0.4) is 0 Å². The molecule has 3 nitrogen and oxygen atoms in total. The second kappa shape index (κ2) is 7.50. The first-order chi connectivity index (χ1) is 11.2. The van der Waals surface area contributed by atoms with Gasteiger partial charge in [-0.1, -0.05) is 57.5 Å². The van der Waals surface area contributed by atoms with Gasteiger partial charge in [0, 0.05) is 5.92 Å². The predicted molar refractivity (Wildman–Crippen MR) is 95.7 cm³/mol. The summed E-state index contributed by atoms with van der Waals surface area (Å²) in [7, 11) is 0. The van der Waals surface area contributed by atoms with E-state index in [2.05, 4.69) is 45.0 Å². The number of Topliss-reactive ketones (excluding diaryl/α,β-unsaturated/α-hetero) is 1. The topological polar surface area (TPSA) is 43.4 Å². The smallest absolute Gasteiger partial charge is 0.316 e. The number of hydrogen-bond acceptors (Lipinski definition) is 3. The minimum absolute atomic E-state index is 0.0776. The number of carbonyl (C=O) groups excluding carboxylic acids is 2. The lowest BCUT2D eigenvalue weighted by Gasteiger charge is -2.44. The zero-order chi connectivity index (χ0) is 17.9. The molecule has 1 fully saturated rings. The lowest BCUT2D eigenvalue weighted by atomic mass is 9.64. The molecule has 0 amide bonds. The van der Waals surface area contributed by atoms with E-state index < -0.39 is 5.92 Å². The molecule has 1 aromatic rings. The van der Waals surface area contributed by atoms with Gasteiger partial charge in [0.2, 0.25) is 0 Å². The molecule has 132 valence electrons. The lowest BCUT2D eigenvalue weighted by molar-refractivity contribution is -0.162. The summed E-state index contributed by atoms with van der Waals surface area (Å²) >= 11 is 0. The number of hydrogen-bond donors (Lipinski definition) is 0. The molecule has 4 atom stereocenters. The summed E-state index contributed by atoms with van der Waals surface area (Å²) in [5.41, 5.74) is 1.19. The maximum atomic E-state index is 12.3. The molecular formula is C21H30O3. The van der Waals surface area contributed by atoms with Crippen molar-refractivity contribution in [1.82, 2.24) is 0 Å². The maximum absolute atomic E-state index is 12.3. The molecular weight excluding hydrogens is 300 g/mol. The minimum atomic E-state index is -0.678. The second-order valence-electron chi connectivity index (χ2n) is 7.92. The van der Waals surface area contributed by atoms with Crippen LogP contribution in [0, 0.1) is 17.8 Å². The second-order valence-corrected chi connectivity index (χ2v) is 7.92. The van der Waals surface area contributed by atoms with Gasteiger partial charge in [-0.3, -0.25) is 9.59 Å². The van der Waals surface area contributed by atoms with Crippen molar-refractivity contribution in [2.45, 2.75) is 65.4 Å². The van der Waals surface area contributed by atoms with E-state index in [1.54, 1.807) is 6.92 Å². The van der Waals surface area contributed by atoms with Gasteiger partial charge < -0.3 is 4.74 Å². The van der Waals surface area contributed by atoms with Crippen LogP contribution in [0.4, 0.5) is 0 Å². The molecule has 1 aliphatic rings. The van der Waals surface area contributed by atoms with E-state index in [1.807, 2.05) is 6.07 Å². The number of esters is 1. The van der Waals surface area contributed by atoms with Crippen molar-refractivity contribution in [2.24, 2.45) is 17.8 Å². The van der Waals surface area contributed by atoms with E-state index >= 15 is 0 Å². The van der Waals surface area contributed by atoms with E-state index in [0.29, 0.717) is 5.92 Å². The van der Waals surface area contributed by atoms with Gasteiger partial charge in [-0.15, -0.1) is 0 Å². The highest BCUT2D eigenvalue weighted by molar-refractivity contribution is 5.97. The molecule has 1 unspecified atom stereocenters. The van der Waals surface area contributed by atoms with Gasteiger partial charge in [-0.2, -0.15) is 0 Å². The van der Waals surface area contributed by atoms with Crippen molar-refractivity contribution in [2.75, 3.05) is 0 Å². The average Bonchev–Trinajstić information content (AvgIpc) is 2.54. The first-order valence-electron chi connectivity index (χ1n) is 9.00. The van der Waals surface area contributed by atoms with Gasteiger partial charge >= 0.3 is 5.97 Å². The van der Waals surface area contributed by atoms with Crippen molar-refractivity contribution in [3.05, 3.63) is 35.9 Å². The molecule has 3 heteroatoms. The molecule has 0 heterocycles. The van der Waals surface area contributed by atoms with Crippen molar-refractivity contribution < 1.29 is 14.3 Å². The molecule has 24 heavy (non-hydrogen) atoms. The SMILES string of the molecule is CC(=O)C(C)C(=O)O[C@H]1C[C@@H](C)CC[C@@H]1C(C)(C)c1ccccc1. The van der Waals surface area contributed by atoms with Crippen molar-refractivity contribution in [1.29, 1.82) is 0 Å². The zero-order valence-electron chi connectivity index (χ0n) is 15.5. The summed E-state index contributed by atoms with van der Waals surface area (Å²) in [6, 6.07) is 10.4. The van der Waals surface area contributed by atoms with E-state index in [-0.39, 0.29) is 29.2 Å². The highest BCUT2D eigenvalue weighted by Gasteiger charge is 2.42. The normalized spacial score (nSPS) is 25.8. The summed E-state index contributed by atoms with van der Waals surface area (Å²) in [5.74, 6) is -0.390. The molecule has 0 N–H and O–H groups in total. The van der Waals surface area contributed by atoms with Gasteiger partial charge in [0.15, 0.2) is 0 Å². The van der Waals surface area contributed by atoms with Crippen molar-refractivity contribution >= 4 is 11.8 Å². The molecule has 0 aliphatic heterocycles. The van der Waals surface area contributed by atoms with Crippen LogP contribution in [0.5, 0.6) is 0 Å². The number of rotatable bonds is 5. The fourth-order valence-corrected chi connectivity index (χ4v) is 3.78. The third-order valence-electron chi connectivity index (χ3n) is 5.73. The molecule has 0 aromatic heterocycles. The van der Waals surface area contributed by atoms with Gasteiger partial charge in [0.05, 0.1) is 0 Å². The highest BCUT2D eigenvalue weighted by Crippen LogP contribution is 2.43. The molecule has 0 radical (unpaired) electrons. The van der Waals surface area contributed by atoms with Crippen molar-refractivity contribution in [3.8, 4) is 0 Å². The number of ether oxygens (including phenoxy) is 1. The molecule has 2 rings (SSSR count). The molecule has 1 saturated carbocycles. The van der Waals surface area contributed by atoms with Crippen LogP contribution in [0.1, 0.15) is 59.4 Å². The molecule has 1 aromatic carbocycles. The van der Waals surface area contributed by atoms with Gasteiger partial charge in [-0.05, 0) is 43.6 Å². The Morgan fingerprint density at radius 1 is 1.17 bits per heavy atom. The molecule has 0 spiro atoms. The molecule has 1 aliphatic carbocycles. The summed E-state index contributed by atoms with van der Waals surface area (Å²) in [6.07, 6.45) is 2.93. The fraction of sp³-hybridized carbons (Fsp3) is 0.619. The highest BCUT2D eigenvalue weighted by atomic mass is 16.5. The van der Waals surface area contributed by atoms with E-state index in [9.17, 15) is 9.59 Å².